The number of nitrogen functional groups attached to an aromatic ring is 1. The van der Waals surface area contributed by atoms with Crippen molar-refractivity contribution in [3.8, 4) is 11.8 Å². The molecule has 0 atom stereocenters. The van der Waals surface area contributed by atoms with Crippen molar-refractivity contribution in [2.24, 2.45) is 0 Å². The predicted molar refractivity (Wildman–Crippen MR) is 68.0 cm³/mol. The lowest BCUT2D eigenvalue weighted by molar-refractivity contribution is 0.386. The van der Waals surface area contributed by atoms with Gasteiger partial charge in [0.25, 0.3) is 0 Å². The van der Waals surface area contributed by atoms with Crippen molar-refractivity contribution < 1.29 is 9.13 Å². The number of benzene rings is 1. The van der Waals surface area contributed by atoms with Gasteiger partial charge in [-0.15, -0.1) is 0 Å². The highest BCUT2D eigenvalue weighted by Gasteiger charge is 2.30. The van der Waals surface area contributed by atoms with Crippen LogP contribution in [-0.2, 0) is 0 Å². The van der Waals surface area contributed by atoms with E-state index in [2.05, 4.69) is 11.0 Å². The molecule has 0 bridgehead atoms. The molecule has 0 unspecified atom stereocenters. The lowest BCUT2D eigenvalue weighted by Gasteiger charge is -2.25. The number of methoxy groups -OCH3 is 1. The summed E-state index contributed by atoms with van der Waals surface area (Å²) in [6.45, 7) is 0.611. The molecule has 0 aromatic heterocycles. The van der Waals surface area contributed by atoms with E-state index in [4.69, 9.17) is 15.7 Å². The molecule has 0 aliphatic heterocycles. The number of nitriles is 1. The number of nitrogens with two attached hydrogens (primary N) is 1. The van der Waals surface area contributed by atoms with Gasteiger partial charge < -0.3 is 15.4 Å². The van der Waals surface area contributed by atoms with Crippen LogP contribution in [0.5, 0.6) is 5.75 Å². The highest BCUT2D eigenvalue weighted by atomic mass is 19.1. The zero-order valence-electron chi connectivity index (χ0n) is 10.3. The van der Waals surface area contributed by atoms with Crippen molar-refractivity contribution in [3.05, 3.63) is 17.9 Å². The minimum Gasteiger partial charge on any atom is -0.494 e. The van der Waals surface area contributed by atoms with E-state index >= 15 is 0 Å². The molecule has 1 saturated carbocycles. The van der Waals surface area contributed by atoms with Crippen molar-refractivity contribution in [1.29, 1.82) is 5.26 Å². The Bertz CT molecular complexity index is 480. The maximum absolute atomic E-state index is 13.5. The molecule has 2 rings (SSSR count). The molecule has 4 nitrogen and oxygen atoms in total. The molecule has 1 aliphatic rings. The van der Waals surface area contributed by atoms with Crippen LogP contribution in [0.25, 0.3) is 0 Å². The molecule has 0 heterocycles. The number of ether oxygens (including phenoxy) is 1. The summed E-state index contributed by atoms with van der Waals surface area (Å²) in [5, 5.41) is 8.69. The molecule has 96 valence electrons. The molecule has 18 heavy (non-hydrogen) atoms. The fourth-order valence-corrected chi connectivity index (χ4v) is 2.02. The van der Waals surface area contributed by atoms with Crippen LogP contribution in [0, 0.1) is 17.1 Å². The van der Waals surface area contributed by atoms with E-state index in [-0.39, 0.29) is 5.75 Å². The Kier molecular flexibility index (Phi) is 3.56. The van der Waals surface area contributed by atoms with E-state index in [0.29, 0.717) is 24.7 Å². The van der Waals surface area contributed by atoms with Gasteiger partial charge in [-0.25, -0.2) is 4.39 Å². The van der Waals surface area contributed by atoms with Gasteiger partial charge in [0.05, 0.1) is 31.0 Å². The molecular formula is C13H16FN3O. The summed E-state index contributed by atoms with van der Waals surface area (Å²) in [4.78, 5) is 2.07. The minimum absolute atomic E-state index is 0.182. The first-order chi connectivity index (χ1) is 8.67. The number of hydrogen-bond donors (Lipinski definition) is 1. The van der Waals surface area contributed by atoms with Gasteiger partial charge in [-0.1, -0.05) is 0 Å². The monoisotopic (exact) mass is 249 g/mol. The fourth-order valence-electron chi connectivity index (χ4n) is 2.02. The van der Waals surface area contributed by atoms with E-state index in [9.17, 15) is 4.39 Å². The quantitative estimate of drug-likeness (QED) is 0.813. The SMILES string of the molecule is COc1cc(N(CCC#N)C2CC2)c(N)cc1F. The first-order valence-electron chi connectivity index (χ1n) is 5.94. The third-order valence-electron chi connectivity index (χ3n) is 3.06. The third kappa shape index (κ3) is 2.48. The predicted octanol–water partition coefficient (Wildman–Crippen LogP) is 2.30. The van der Waals surface area contributed by atoms with Crippen LogP contribution in [0.2, 0.25) is 0 Å². The maximum atomic E-state index is 13.5. The molecule has 5 heteroatoms. The van der Waals surface area contributed by atoms with Crippen LogP contribution in [0.4, 0.5) is 15.8 Å². The topological polar surface area (TPSA) is 62.3 Å². The van der Waals surface area contributed by atoms with E-state index in [1.165, 1.54) is 13.2 Å². The number of nitrogens with zero attached hydrogens (tertiary/aromatic N) is 2. The van der Waals surface area contributed by atoms with Gasteiger partial charge in [0.2, 0.25) is 0 Å². The zero-order valence-corrected chi connectivity index (χ0v) is 10.3. The Hall–Kier alpha value is -1.96. The van der Waals surface area contributed by atoms with Gasteiger partial charge in [0.15, 0.2) is 11.6 Å². The molecular weight excluding hydrogens is 233 g/mol. The van der Waals surface area contributed by atoms with Gasteiger partial charge in [-0.05, 0) is 12.8 Å². The molecule has 0 saturated heterocycles. The first kappa shape index (κ1) is 12.5. The van der Waals surface area contributed by atoms with Gasteiger partial charge in [0.1, 0.15) is 0 Å². The molecule has 2 N–H and O–H groups in total. The zero-order chi connectivity index (χ0) is 13.1. The van der Waals surface area contributed by atoms with Crippen molar-refractivity contribution in [2.75, 3.05) is 24.3 Å². The van der Waals surface area contributed by atoms with Crippen LogP contribution in [0.3, 0.4) is 0 Å². The highest BCUT2D eigenvalue weighted by Crippen LogP contribution is 2.37. The second-order valence-corrected chi connectivity index (χ2v) is 4.38. The molecule has 0 radical (unpaired) electrons. The summed E-state index contributed by atoms with van der Waals surface area (Å²) in [6.07, 6.45) is 2.60. The second kappa shape index (κ2) is 5.13. The van der Waals surface area contributed by atoms with E-state index in [0.717, 1.165) is 18.5 Å². The van der Waals surface area contributed by atoms with Crippen molar-refractivity contribution in [1.82, 2.24) is 0 Å². The van der Waals surface area contributed by atoms with Gasteiger partial charge in [-0.3, -0.25) is 0 Å². The Morgan fingerprint density at radius 1 is 1.56 bits per heavy atom. The molecule has 1 aromatic rings. The standard InChI is InChI=1S/C13H16FN3O/c1-18-13-8-12(11(16)7-10(13)14)17(6-2-5-15)9-3-4-9/h7-9H,2-4,6,16H2,1H3. The third-order valence-corrected chi connectivity index (χ3v) is 3.06. The highest BCUT2D eigenvalue weighted by molar-refractivity contribution is 5.71. The Morgan fingerprint density at radius 3 is 2.83 bits per heavy atom. The van der Waals surface area contributed by atoms with E-state index in [1.807, 2.05) is 0 Å². The molecule has 1 aliphatic carbocycles. The number of hydrogen-bond acceptors (Lipinski definition) is 4. The number of rotatable bonds is 5. The number of anilines is 2. The summed E-state index contributed by atoms with van der Waals surface area (Å²) in [5.41, 5.74) is 7.01. The van der Waals surface area contributed by atoms with Crippen LogP contribution >= 0.6 is 0 Å². The summed E-state index contributed by atoms with van der Waals surface area (Å²) in [5.74, 6) is -0.281. The largest absolute Gasteiger partial charge is 0.494 e. The Morgan fingerprint density at radius 2 is 2.28 bits per heavy atom. The first-order valence-corrected chi connectivity index (χ1v) is 5.94. The van der Waals surface area contributed by atoms with E-state index < -0.39 is 5.82 Å². The average Bonchev–Trinajstić information content (AvgIpc) is 3.16. The smallest absolute Gasteiger partial charge is 0.167 e. The maximum Gasteiger partial charge on any atom is 0.167 e. The van der Waals surface area contributed by atoms with Gasteiger partial charge in [-0.2, -0.15) is 5.26 Å². The second-order valence-electron chi connectivity index (χ2n) is 4.38. The fraction of sp³-hybridized carbons (Fsp3) is 0.462. The summed E-state index contributed by atoms with van der Waals surface area (Å²) in [6, 6.07) is 5.42. The molecule has 0 spiro atoms. The van der Waals surface area contributed by atoms with E-state index in [1.54, 1.807) is 6.07 Å². The molecule has 1 fully saturated rings. The average molecular weight is 249 g/mol. The van der Waals surface area contributed by atoms with Crippen LogP contribution in [-0.4, -0.2) is 19.7 Å². The van der Waals surface area contributed by atoms with Gasteiger partial charge >= 0.3 is 0 Å². The lowest BCUT2D eigenvalue weighted by atomic mass is 10.2. The van der Waals surface area contributed by atoms with Gasteiger partial charge in [0, 0.05) is 24.7 Å². The van der Waals surface area contributed by atoms with Crippen LogP contribution in [0.15, 0.2) is 12.1 Å². The number of halogens is 1. The van der Waals surface area contributed by atoms with Crippen LogP contribution < -0.4 is 15.4 Å². The lowest BCUT2D eigenvalue weighted by Crippen LogP contribution is -2.27. The van der Waals surface area contributed by atoms with Crippen molar-refractivity contribution in [3.63, 3.8) is 0 Å². The van der Waals surface area contributed by atoms with Crippen LogP contribution in [0.1, 0.15) is 19.3 Å². The summed E-state index contributed by atoms with van der Waals surface area (Å²) in [7, 11) is 1.43. The van der Waals surface area contributed by atoms with Crippen molar-refractivity contribution in [2.45, 2.75) is 25.3 Å². The normalized spacial score (nSPS) is 14.1. The molecule has 1 aromatic carbocycles. The molecule has 0 amide bonds. The minimum atomic E-state index is -0.463. The van der Waals surface area contributed by atoms with Crippen molar-refractivity contribution >= 4 is 11.4 Å². The Labute approximate surface area is 106 Å². The summed E-state index contributed by atoms with van der Waals surface area (Å²) < 4.78 is 18.5. The summed E-state index contributed by atoms with van der Waals surface area (Å²) >= 11 is 0. The Balaban J connectivity index is 2.31.